The minimum absolute atomic E-state index is 0.0343. The molecule has 21 heavy (non-hydrogen) atoms. The van der Waals surface area contributed by atoms with Crippen LogP contribution in [0.2, 0.25) is 0 Å². The van der Waals surface area contributed by atoms with Gasteiger partial charge < -0.3 is 15.0 Å². The number of ether oxygens (including phenoxy) is 1. The van der Waals surface area contributed by atoms with Gasteiger partial charge in [-0.3, -0.25) is 0 Å². The lowest BCUT2D eigenvalue weighted by Crippen LogP contribution is -2.40. The van der Waals surface area contributed by atoms with Crippen molar-refractivity contribution in [1.82, 2.24) is 9.55 Å². The lowest BCUT2D eigenvalue weighted by atomic mass is 9.85. The van der Waals surface area contributed by atoms with Crippen molar-refractivity contribution < 1.29 is 4.74 Å². The first-order valence-corrected chi connectivity index (χ1v) is 8.42. The Kier molecular flexibility index (Phi) is 5.44. The van der Waals surface area contributed by atoms with E-state index in [0.717, 1.165) is 38.7 Å². The number of rotatable bonds is 6. The van der Waals surface area contributed by atoms with Gasteiger partial charge in [-0.2, -0.15) is 0 Å². The first-order valence-electron chi connectivity index (χ1n) is 8.42. The van der Waals surface area contributed by atoms with Gasteiger partial charge in [0.15, 0.2) is 0 Å². The van der Waals surface area contributed by atoms with Gasteiger partial charge in [0, 0.05) is 24.9 Å². The van der Waals surface area contributed by atoms with Crippen LogP contribution in [-0.2, 0) is 4.74 Å². The van der Waals surface area contributed by atoms with E-state index in [1.165, 1.54) is 5.69 Å². The van der Waals surface area contributed by atoms with Crippen molar-refractivity contribution in [1.29, 1.82) is 0 Å². The molecule has 4 heteroatoms. The zero-order chi connectivity index (χ0) is 15.5. The van der Waals surface area contributed by atoms with Crippen LogP contribution in [0.5, 0.6) is 0 Å². The van der Waals surface area contributed by atoms with Crippen molar-refractivity contribution in [3.8, 4) is 0 Å². The molecule has 0 spiro atoms. The molecule has 2 atom stereocenters. The molecule has 0 aromatic carbocycles. The highest BCUT2D eigenvalue weighted by atomic mass is 16.5. The quantitative estimate of drug-likeness (QED) is 0.867. The third-order valence-corrected chi connectivity index (χ3v) is 4.95. The number of imidazole rings is 1. The number of nitrogens with zero attached hydrogens (tertiary/aromatic N) is 2. The van der Waals surface area contributed by atoms with Crippen LogP contribution in [0.4, 0.5) is 0 Å². The summed E-state index contributed by atoms with van der Waals surface area (Å²) in [7, 11) is 0. The van der Waals surface area contributed by atoms with Gasteiger partial charge in [0.2, 0.25) is 0 Å². The molecule has 2 N–H and O–H groups in total. The molecule has 4 nitrogen and oxygen atoms in total. The van der Waals surface area contributed by atoms with Crippen LogP contribution in [0.25, 0.3) is 0 Å². The van der Waals surface area contributed by atoms with Crippen LogP contribution in [0.15, 0.2) is 12.5 Å². The summed E-state index contributed by atoms with van der Waals surface area (Å²) in [5, 5.41) is 0. The SMILES string of the molecule is CCC1(CC)CC(n2cncc2C(N)CC(C)C)CCO1. The fraction of sp³-hybridized carbons (Fsp3) is 0.824. The minimum atomic E-state index is 0.0343. The lowest BCUT2D eigenvalue weighted by Gasteiger charge is -2.41. The van der Waals surface area contributed by atoms with Gasteiger partial charge in [0.05, 0.1) is 17.6 Å². The summed E-state index contributed by atoms with van der Waals surface area (Å²) in [6, 6.07) is 0.544. The molecule has 2 unspecified atom stereocenters. The average Bonchev–Trinajstić information content (AvgIpc) is 2.96. The fourth-order valence-corrected chi connectivity index (χ4v) is 3.52. The molecule has 0 amide bonds. The molecule has 1 saturated heterocycles. The Morgan fingerprint density at radius 3 is 2.76 bits per heavy atom. The molecule has 0 saturated carbocycles. The van der Waals surface area contributed by atoms with E-state index in [-0.39, 0.29) is 11.6 Å². The maximum absolute atomic E-state index is 6.39. The summed E-state index contributed by atoms with van der Waals surface area (Å²) in [5.74, 6) is 0.600. The average molecular weight is 293 g/mol. The fourth-order valence-electron chi connectivity index (χ4n) is 3.52. The molecular formula is C17H31N3O. The lowest BCUT2D eigenvalue weighted by molar-refractivity contribution is -0.0990. The van der Waals surface area contributed by atoms with Gasteiger partial charge in [0.1, 0.15) is 0 Å². The van der Waals surface area contributed by atoms with E-state index >= 15 is 0 Å². The van der Waals surface area contributed by atoms with Crippen molar-refractivity contribution in [3.63, 3.8) is 0 Å². The Hall–Kier alpha value is -0.870. The zero-order valence-corrected chi connectivity index (χ0v) is 14.0. The van der Waals surface area contributed by atoms with E-state index in [4.69, 9.17) is 10.5 Å². The standard InChI is InChI=1S/C17H31N3O/c1-5-17(6-2)10-14(7-8-21-17)20-12-19-11-16(20)15(18)9-13(3)4/h11-15H,5-10,18H2,1-4H3. The Morgan fingerprint density at radius 1 is 1.43 bits per heavy atom. The van der Waals surface area contributed by atoms with E-state index in [2.05, 4.69) is 37.2 Å². The van der Waals surface area contributed by atoms with Crippen LogP contribution < -0.4 is 5.73 Å². The smallest absolute Gasteiger partial charge is 0.0951 e. The van der Waals surface area contributed by atoms with E-state index in [0.29, 0.717) is 12.0 Å². The molecule has 1 fully saturated rings. The van der Waals surface area contributed by atoms with Crippen molar-refractivity contribution in [2.75, 3.05) is 6.61 Å². The molecule has 1 aromatic rings. The predicted molar refractivity (Wildman–Crippen MR) is 86.1 cm³/mol. The Bertz CT molecular complexity index is 437. The normalized spacial score (nSPS) is 23.4. The third kappa shape index (κ3) is 3.67. The van der Waals surface area contributed by atoms with Gasteiger partial charge in [-0.05, 0) is 38.0 Å². The zero-order valence-electron chi connectivity index (χ0n) is 14.0. The van der Waals surface area contributed by atoms with E-state index in [1.807, 2.05) is 12.5 Å². The van der Waals surface area contributed by atoms with Crippen molar-refractivity contribution >= 4 is 0 Å². The van der Waals surface area contributed by atoms with Crippen molar-refractivity contribution in [3.05, 3.63) is 18.2 Å². The van der Waals surface area contributed by atoms with Gasteiger partial charge in [-0.25, -0.2) is 4.98 Å². The molecule has 1 aliphatic rings. The Labute approximate surface area is 129 Å². The second-order valence-electron chi connectivity index (χ2n) is 6.85. The first-order chi connectivity index (χ1) is 10.0. The van der Waals surface area contributed by atoms with Crippen LogP contribution >= 0.6 is 0 Å². The largest absolute Gasteiger partial charge is 0.375 e. The summed E-state index contributed by atoms with van der Waals surface area (Å²) in [6.07, 6.45) is 9.17. The van der Waals surface area contributed by atoms with Gasteiger partial charge >= 0.3 is 0 Å². The minimum Gasteiger partial charge on any atom is -0.375 e. The molecule has 120 valence electrons. The Balaban J connectivity index is 2.17. The topological polar surface area (TPSA) is 53.1 Å². The molecular weight excluding hydrogens is 262 g/mol. The molecule has 0 bridgehead atoms. The second kappa shape index (κ2) is 6.93. The van der Waals surface area contributed by atoms with Gasteiger partial charge in [-0.15, -0.1) is 0 Å². The predicted octanol–water partition coefficient (Wildman–Crippen LogP) is 3.84. The summed E-state index contributed by atoms with van der Waals surface area (Å²) in [4.78, 5) is 4.37. The molecule has 1 aliphatic heterocycles. The molecule has 2 rings (SSSR count). The molecule has 0 aliphatic carbocycles. The number of hydrogen-bond acceptors (Lipinski definition) is 3. The van der Waals surface area contributed by atoms with E-state index in [1.54, 1.807) is 0 Å². The second-order valence-corrected chi connectivity index (χ2v) is 6.85. The summed E-state index contributed by atoms with van der Waals surface area (Å²) in [5.41, 5.74) is 7.60. The monoisotopic (exact) mass is 293 g/mol. The third-order valence-electron chi connectivity index (χ3n) is 4.95. The van der Waals surface area contributed by atoms with Crippen molar-refractivity contribution in [2.45, 2.75) is 77.5 Å². The van der Waals surface area contributed by atoms with Crippen LogP contribution in [0.3, 0.4) is 0 Å². The maximum atomic E-state index is 6.39. The number of hydrogen-bond donors (Lipinski definition) is 1. The van der Waals surface area contributed by atoms with Gasteiger partial charge in [0.25, 0.3) is 0 Å². The maximum Gasteiger partial charge on any atom is 0.0951 e. The summed E-state index contributed by atoms with van der Waals surface area (Å²) in [6.45, 7) is 9.72. The first kappa shape index (κ1) is 16.5. The molecule has 1 aromatic heterocycles. The number of nitrogens with two attached hydrogens (primary N) is 1. The summed E-state index contributed by atoms with van der Waals surface area (Å²) >= 11 is 0. The van der Waals surface area contributed by atoms with Crippen LogP contribution in [0, 0.1) is 5.92 Å². The van der Waals surface area contributed by atoms with E-state index in [9.17, 15) is 0 Å². The highest BCUT2D eigenvalue weighted by Crippen LogP contribution is 2.38. The Morgan fingerprint density at radius 2 is 2.14 bits per heavy atom. The molecule has 0 radical (unpaired) electrons. The van der Waals surface area contributed by atoms with E-state index < -0.39 is 0 Å². The van der Waals surface area contributed by atoms with Crippen LogP contribution in [0.1, 0.15) is 77.6 Å². The summed E-state index contributed by atoms with van der Waals surface area (Å²) < 4.78 is 8.41. The number of aromatic nitrogens is 2. The van der Waals surface area contributed by atoms with Crippen LogP contribution in [-0.4, -0.2) is 21.8 Å². The molecule has 2 heterocycles. The van der Waals surface area contributed by atoms with Gasteiger partial charge in [-0.1, -0.05) is 27.7 Å². The highest BCUT2D eigenvalue weighted by Gasteiger charge is 2.36. The highest BCUT2D eigenvalue weighted by molar-refractivity contribution is 5.07. The van der Waals surface area contributed by atoms with Crippen molar-refractivity contribution in [2.24, 2.45) is 11.7 Å².